The molecule has 1 aromatic rings. The first-order valence-corrected chi connectivity index (χ1v) is 6.27. The largest absolute Gasteiger partial charge is 0.497 e. The van der Waals surface area contributed by atoms with E-state index in [1.165, 1.54) is 0 Å². The molecule has 8 heteroatoms. The van der Waals surface area contributed by atoms with Gasteiger partial charge in [0.2, 0.25) is 0 Å². The van der Waals surface area contributed by atoms with Crippen LogP contribution in [0.2, 0.25) is 0 Å². The molecule has 1 aliphatic heterocycles. The Kier molecular flexibility index (Phi) is 3.61. The fraction of sp³-hybridized carbons (Fsp3) is 0.538. The Morgan fingerprint density at radius 2 is 1.38 bits per heavy atom. The van der Waals surface area contributed by atoms with Crippen molar-refractivity contribution in [3.63, 3.8) is 0 Å². The second-order valence-corrected chi connectivity index (χ2v) is 5.92. The Bertz CT molecular complexity index is 552. The summed E-state index contributed by atoms with van der Waals surface area (Å²) in [5, 5.41) is 0. The van der Waals surface area contributed by atoms with E-state index in [0.29, 0.717) is 6.07 Å². The number of hydrogen-bond acceptors (Lipinski definition) is 2. The lowest BCUT2D eigenvalue weighted by molar-refractivity contribution is -0.140. The van der Waals surface area contributed by atoms with Crippen LogP contribution in [0, 0.1) is 11.6 Å². The molecule has 0 unspecified atom stereocenters. The van der Waals surface area contributed by atoms with Gasteiger partial charge in [0, 0.05) is 5.46 Å². The van der Waals surface area contributed by atoms with E-state index in [-0.39, 0.29) is 5.46 Å². The zero-order valence-corrected chi connectivity index (χ0v) is 11.9. The van der Waals surface area contributed by atoms with Crippen molar-refractivity contribution in [2.75, 3.05) is 0 Å². The first-order chi connectivity index (χ1) is 9.37. The van der Waals surface area contributed by atoms with Crippen LogP contribution in [0.25, 0.3) is 0 Å². The van der Waals surface area contributed by atoms with Crippen LogP contribution in [0.3, 0.4) is 0 Å². The lowest BCUT2D eigenvalue weighted by atomic mass is 9.78. The van der Waals surface area contributed by atoms with Crippen molar-refractivity contribution in [1.29, 1.82) is 0 Å². The van der Waals surface area contributed by atoms with Crippen molar-refractivity contribution in [3.8, 4) is 0 Å². The summed E-state index contributed by atoms with van der Waals surface area (Å²) in [5.41, 5.74) is -3.65. The smallest absolute Gasteiger partial charge is 0.399 e. The second-order valence-electron chi connectivity index (χ2n) is 5.92. The molecule has 1 saturated heterocycles. The number of benzene rings is 1. The molecule has 1 aromatic carbocycles. The maximum absolute atomic E-state index is 13.9. The molecule has 0 aliphatic carbocycles. The first kappa shape index (κ1) is 16.2. The molecule has 21 heavy (non-hydrogen) atoms. The molecule has 0 bridgehead atoms. The van der Waals surface area contributed by atoms with E-state index in [4.69, 9.17) is 9.31 Å². The normalized spacial score (nSPS) is 20.9. The Balaban J connectivity index is 2.43. The quantitative estimate of drug-likeness (QED) is 0.585. The predicted octanol–water partition coefficient (Wildman–Crippen LogP) is 3.28. The van der Waals surface area contributed by atoms with Gasteiger partial charge in [-0.15, -0.1) is 0 Å². The van der Waals surface area contributed by atoms with Crippen molar-refractivity contribution in [3.05, 3.63) is 29.3 Å². The average molecular weight is 308 g/mol. The van der Waals surface area contributed by atoms with E-state index < -0.39 is 41.7 Å². The Hall–Kier alpha value is -1.15. The standard InChI is InChI=1S/C13H14BF5O2/c1-11(2)12(3,4)21-14(20-11)8-6-5-7(13(17,18)19)9(15)10(8)16/h5-6H,1-4H3. The lowest BCUT2D eigenvalue weighted by Gasteiger charge is -2.32. The molecule has 0 spiro atoms. The maximum atomic E-state index is 13.9. The molecule has 0 aromatic heterocycles. The van der Waals surface area contributed by atoms with Gasteiger partial charge < -0.3 is 9.31 Å². The maximum Gasteiger partial charge on any atom is 0.497 e. The van der Waals surface area contributed by atoms with Crippen LogP contribution in [0.1, 0.15) is 33.3 Å². The summed E-state index contributed by atoms with van der Waals surface area (Å²) in [7, 11) is -1.26. The van der Waals surface area contributed by atoms with Gasteiger partial charge in [0.25, 0.3) is 0 Å². The van der Waals surface area contributed by atoms with Crippen molar-refractivity contribution < 1.29 is 31.3 Å². The molecule has 1 heterocycles. The minimum absolute atomic E-state index is 0.390. The van der Waals surface area contributed by atoms with E-state index in [0.717, 1.165) is 6.07 Å². The third-order valence-electron chi connectivity index (χ3n) is 3.92. The molecule has 2 nitrogen and oxygen atoms in total. The summed E-state index contributed by atoms with van der Waals surface area (Å²) in [6, 6.07) is 1.32. The fourth-order valence-corrected chi connectivity index (χ4v) is 1.94. The molecule has 0 atom stereocenters. The highest BCUT2D eigenvalue weighted by Gasteiger charge is 2.53. The predicted molar refractivity (Wildman–Crippen MR) is 67.1 cm³/mol. The van der Waals surface area contributed by atoms with Gasteiger partial charge in [-0.25, -0.2) is 8.78 Å². The van der Waals surface area contributed by atoms with Crippen LogP contribution in [0.4, 0.5) is 22.0 Å². The summed E-state index contributed by atoms with van der Waals surface area (Å²) < 4.78 is 76.1. The van der Waals surface area contributed by atoms with Crippen LogP contribution >= 0.6 is 0 Å². The third kappa shape index (κ3) is 2.66. The highest BCUT2D eigenvalue weighted by molar-refractivity contribution is 6.62. The average Bonchev–Trinajstić information content (AvgIpc) is 2.50. The molecule has 0 amide bonds. The highest BCUT2D eigenvalue weighted by atomic mass is 19.4. The Labute approximate surface area is 119 Å². The molecular weight excluding hydrogens is 294 g/mol. The van der Waals surface area contributed by atoms with Crippen molar-refractivity contribution >= 4 is 12.6 Å². The van der Waals surface area contributed by atoms with Crippen LogP contribution < -0.4 is 5.46 Å². The monoisotopic (exact) mass is 308 g/mol. The Morgan fingerprint density at radius 1 is 0.905 bits per heavy atom. The summed E-state index contributed by atoms with van der Waals surface area (Å²) in [4.78, 5) is 0. The molecule has 1 aliphatic rings. The number of alkyl halides is 3. The zero-order valence-electron chi connectivity index (χ0n) is 11.9. The van der Waals surface area contributed by atoms with E-state index in [2.05, 4.69) is 0 Å². The topological polar surface area (TPSA) is 18.5 Å². The lowest BCUT2D eigenvalue weighted by Crippen LogP contribution is -2.41. The van der Waals surface area contributed by atoms with Gasteiger partial charge in [-0.1, -0.05) is 6.07 Å². The molecule has 2 rings (SSSR count). The van der Waals surface area contributed by atoms with E-state index >= 15 is 0 Å². The van der Waals surface area contributed by atoms with Gasteiger partial charge in [0.05, 0.1) is 16.8 Å². The first-order valence-electron chi connectivity index (χ1n) is 6.27. The second kappa shape index (κ2) is 4.68. The zero-order chi connectivity index (χ0) is 16.2. The fourth-order valence-electron chi connectivity index (χ4n) is 1.94. The van der Waals surface area contributed by atoms with Gasteiger partial charge in [-0.2, -0.15) is 13.2 Å². The molecule has 0 radical (unpaired) electrons. The van der Waals surface area contributed by atoms with Gasteiger partial charge in [0.1, 0.15) is 0 Å². The molecule has 1 fully saturated rings. The van der Waals surface area contributed by atoms with E-state index in [1.807, 2.05) is 0 Å². The number of hydrogen-bond donors (Lipinski definition) is 0. The molecule has 0 saturated carbocycles. The van der Waals surface area contributed by atoms with E-state index in [1.54, 1.807) is 27.7 Å². The summed E-state index contributed by atoms with van der Waals surface area (Å²) in [6.07, 6.45) is -4.96. The van der Waals surface area contributed by atoms with Gasteiger partial charge >= 0.3 is 13.3 Å². The Morgan fingerprint density at radius 3 is 1.81 bits per heavy atom. The summed E-state index contributed by atoms with van der Waals surface area (Å²) in [6.45, 7) is 6.80. The summed E-state index contributed by atoms with van der Waals surface area (Å²) in [5.74, 6) is -3.56. The highest BCUT2D eigenvalue weighted by Crippen LogP contribution is 2.37. The van der Waals surface area contributed by atoms with Crippen molar-refractivity contribution in [2.45, 2.75) is 45.1 Å². The number of halogens is 5. The molecule has 0 N–H and O–H groups in total. The van der Waals surface area contributed by atoms with Crippen LogP contribution in [-0.2, 0) is 15.5 Å². The molecular formula is C13H14BF5O2. The van der Waals surface area contributed by atoms with Crippen molar-refractivity contribution in [2.24, 2.45) is 0 Å². The van der Waals surface area contributed by atoms with E-state index in [9.17, 15) is 22.0 Å². The number of rotatable bonds is 1. The minimum atomic E-state index is -4.96. The SMILES string of the molecule is CC1(C)OB(c2ccc(C(F)(F)F)c(F)c2F)OC1(C)C. The third-order valence-corrected chi connectivity index (χ3v) is 3.92. The van der Waals surface area contributed by atoms with Crippen LogP contribution in [0.15, 0.2) is 12.1 Å². The molecule has 116 valence electrons. The van der Waals surface area contributed by atoms with Crippen LogP contribution in [-0.4, -0.2) is 18.3 Å². The summed E-state index contributed by atoms with van der Waals surface area (Å²) >= 11 is 0. The van der Waals surface area contributed by atoms with Gasteiger partial charge in [-0.05, 0) is 33.8 Å². The van der Waals surface area contributed by atoms with Crippen molar-refractivity contribution in [1.82, 2.24) is 0 Å². The van der Waals surface area contributed by atoms with Crippen LogP contribution in [0.5, 0.6) is 0 Å². The van der Waals surface area contributed by atoms with Gasteiger partial charge in [0.15, 0.2) is 11.6 Å². The van der Waals surface area contributed by atoms with Gasteiger partial charge in [-0.3, -0.25) is 0 Å². The minimum Gasteiger partial charge on any atom is -0.399 e.